The Kier molecular flexibility index (Phi) is 22.8. The number of hydrogen-bond donors (Lipinski definition) is 2. The Morgan fingerprint density at radius 1 is 0.407 bits per heavy atom. The van der Waals surface area contributed by atoms with Crippen molar-refractivity contribution in [1.29, 1.82) is 0 Å². The second-order valence-electron chi connectivity index (χ2n) is 31.1. The van der Waals surface area contributed by atoms with Crippen molar-refractivity contribution in [2.24, 2.45) is 0 Å². The molecule has 2 unspecified atom stereocenters. The van der Waals surface area contributed by atoms with Crippen molar-refractivity contribution in [3.63, 3.8) is 0 Å². The molecule has 0 radical (unpaired) electrons. The summed E-state index contributed by atoms with van der Waals surface area (Å²) in [5, 5.41) is 16.3. The molecule has 0 saturated carbocycles. The quantitative estimate of drug-likeness (QED) is 0.0427. The molecule has 17 heteroatoms. The highest BCUT2D eigenvalue weighted by atomic mass is 35.5. The first kappa shape index (κ1) is 75.8. The number of rotatable bonds is 31. The predicted molar refractivity (Wildman–Crippen MR) is 441 cm³/mol. The molecule has 16 nitrogen and oxygen atoms in total. The third-order valence-electron chi connectivity index (χ3n) is 22.6. The molecule has 0 spiro atoms. The number of halogens is 1. The molecule has 2 aliphatic rings. The fourth-order valence-electron chi connectivity index (χ4n) is 14.8. The van der Waals surface area contributed by atoms with Crippen molar-refractivity contribution >= 4 is 80.1 Å². The van der Waals surface area contributed by atoms with Gasteiger partial charge < -0.3 is 29.6 Å². The lowest BCUT2D eigenvalue weighted by atomic mass is 9.81. The molecule has 2 aromatic heterocycles. The first-order chi connectivity index (χ1) is 52.1. The number of nitrogens with one attached hydrogen (secondary N) is 2. The summed E-state index contributed by atoms with van der Waals surface area (Å²) in [7, 11) is 0. The lowest BCUT2D eigenvalue weighted by Gasteiger charge is -2.37. The van der Waals surface area contributed by atoms with Gasteiger partial charge in [-0.15, -0.1) is 0 Å². The van der Waals surface area contributed by atoms with Gasteiger partial charge in [0.15, 0.2) is 12.2 Å². The van der Waals surface area contributed by atoms with E-state index in [2.05, 4.69) is 214 Å². The molecular weight excluding hydrogens is 1360 g/mol. The maximum Gasteiger partial charge on any atom is 0.265 e. The summed E-state index contributed by atoms with van der Waals surface area (Å²) in [6.07, 6.45) is 3.13. The summed E-state index contributed by atoms with van der Waals surface area (Å²) < 4.78 is 31.8. The van der Waals surface area contributed by atoms with Gasteiger partial charge in [-0.05, 0) is 161 Å². The summed E-state index contributed by atoms with van der Waals surface area (Å²) in [6.45, 7) is 29.4. The van der Waals surface area contributed by atoms with Crippen LogP contribution in [-0.2, 0) is 31.2 Å². The van der Waals surface area contributed by atoms with Crippen LogP contribution in [-0.4, -0.2) is 82.5 Å². The second kappa shape index (κ2) is 32.6. The minimum atomic E-state index is -0.937. The van der Waals surface area contributed by atoms with Gasteiger partial charge in [0.25, 0.3) is 11.8 Å². The van der Waals surface area contributed by atoms with Gasteiger partial charge in [0.05, 0.1) is 58.0 Å². The smallest absolute Gasteiger partial charge is 0.265 e. The Morgan fingerprint density at radius 2 is 0.731 bits per heavy atom. The van der Waals surface area contributed by atoms with Crippen LogP contribution in [0.5, 0.6) is 23.0 Å². The zero-order valence-corrected chi connectivity index (χ0v) is 65.6. The van der Waals surface area contributed by atoms with E-state index in [1.54, 1.807) is 0 Å². The number of aromatic nitrogens is 4. The molecule has 2 saturated heterocycles. The number of hydrogen-bond acceptors (Lipinski definition) is 12. The molecule has 108 heavy (non-hydrogen) atoms. The fourth-order valence-corrected chi connectivity index (χ4v) is 15.1. The summed E-state index contributed by atoms with van der Waals surface area (Å²) in [4.78, 5) is 42.1. The monoisotopic (exact) mass is 1470 g/mol. The summed E-state index contributed by atoms with van der Waals surface area (Å²) in [5.74, 6) is 3.66. The van der Waals surface area contributed by atoms with Gasteiger partial charge >= 0.3 is 0 Å². The van der Waals surface area contributed by atoms with Gasteiger partial charge in [-0.25, -0.2) is 9.97 Å². The zero-order valence-electron chi connectivity index (χ0n) is 64.8. The average molecular weight is 1470 g/mol. The molecule has 562 valence electrons. The number of hydrazine groups is 2. The number of benzene rings is 9. The third-order valence-corrected chi connectivity index (χ3v) is 23.0. The lowest BCUT2D eigenvalue weighted by Crippen LogP contribution is -2.42. The van der Waals surface area contributed by atoms with E-state index in [1.807, 2.05) is 127 Å². The van der Waals surface area contributed by atoms with E-state index < -0.39 is 18.4 Å². The van der Waals surface area contributed by atoms with E-state index in [4.69, 9.17) is 40.5 Å². The van der Waals surface area contributed by atoms with E-state index in [9.17, 15) is 0 Å². The molecule has 4 heterocycles. The third kappa shape index (κ3) is 15.8. The first-order valence-electron chi connectivity index (χ1n) is 38.7. The highest BCUT2D eigenvalue weighted by Gasteiger charge is 2.39. The number of fused-ring (bicyclic) bond motifs is 2. The fraction of sp³-hybridized carbons (Fsp3) is 0.363. The standard InChI is InChI=1S/C91H105ClN10O6/c1-13-88(5,6)64-38-18-31-51-77(64)105-61-55-81(107-79-53-33-20-40-66(79)90(9,10)15-3)83(103)93-69-43-23-27-47-73(69)97-57-35-59-99(97)86-95-71-45-25-29-49-75(71)101(86)85(63-37-17-22-42-68(63)92)102-76-50-30-26-46-72(76)96-87(102)100-60-36-58-98(100)74-48-28-24-44-70(74)94-84(104)82(108-80-54-34-21-41-67(80)91(11,12)16-4)56-62-106-78-52-32-19-39-65(78)89(7,8)14-2/h17-34,37-54,81-82,85H,13-16,35-36,55-62H2,1-12H3,(H,93,103)(H,94,104). The van der Waals surface area contributed by atoms with E-state index in [-0.39, 0.29) is 59.5 Å². The zero-order chi connectivity index (χ0) is 75.9. The van der Waals surface area contributed by atoms with Gasteiger partial charge in [0.1, 0.15) is 29.2 Å². The van der Waals surface area contributed by atoms with Crippen LogP contribution in [0.15, 0.2) is 218 Å². The minimum absolute atomic E-state index is 0.120. The van der Waals surface area contributed by atoms with Gasteiger partial charge in [-0.3, -0.25) is 38.8 Å². The SMILES string of the molecule is CCC(C)(C)c1ccccc1OCCC(Oc1ccccc1C(C)(C)CC)C(=O)Nc1ccccc1N1CCCN1c1nc2ccccc2n1C(c1ccccc1Cl)n1c(N2CCCN2c2ccccc2NC(=O)C(CCOc2ccccc2C(C)(C)CC)Oc2ccccc2C(C)(C)CC)nc2ccccc21. The summed E-state index contributed by atoms with van der Waals surface area (Å²) in [6, 6.07) is 73.1. The topological polar surface area (TPSA) is 144 Å². The predicted octanol–water partition coefficient (Wildman–Crippen LogP) is 20.9. The molecule has 0 bridgehead atoms. The molecule has 2 fully saturated rings. The second-order valence-corrected chi connectivity index (χ2v) is 31.5. The first-order valence-corrected chi connectivity index (χ1v) is 39.1. The number of carbonyl (C=O) groups excluding carboxylic acids is 2. The van der Waals surface area contributed by atoms with Crippen molar-refractivity contribution in [3.05, 3.63) is 251 Å². The van der Waals surface area contributed by atoms with Crippen LogP contribution in [0.4, 0.5) is 34.6 Å². The molecule has 2 aliphatic heterocycles. The molecular formula is C91H105ClN10O6. The molecule has 2 N–H and O–H groups in total. The number of anilines is 6. The number of para-hydroxylation sites is 12. The summed E-state index contributed by atoms with van der Waals surface area (Å²) in [5.41, 5.74) is 10.5. The van der Waals surface area contributed by atoms with Crippen LogP contribution in [0.3, 0.4) is 0 Å². The Hall–Kier alpha value is -10.5. The van der Waals surface area contributed by atoms with Crippen molar-refractivity contribution in [3.8, 4) is 23.0 Å². The van der Waals surface area contributed by atoms with Crippen molar-refractivity contribution < 1.29 is 28.5 Å². The average Bonchev–Trinajstić information content (AvgIpc) is 1.56. The largest absolute Gasteiger partial charge is 0.493 e. The van der Waals surface area contributed by atoms with Crippen LogP contribution < -0.4 is 49.6 Å². The van der Waals surface area contributed by atoms with Gasteiger partial charge in [-0.1, -0.05) is 234 Å². The number of amides is 2. The normalized spacial score (nSPS) is 14.5. The maximum atomic E-state index is 15.4. The van der Waals surface area contributed by atoms with Crippen LogP contribution in [0.1, 0.15) is 168 Å². The van der Waals surface area contributed by atoms with Gasteiger partial charge in [0, 0.05) is 49.6 Å². The number of nitrogens with zero attached hydrogens (tertiary/aromatic N) is 8. The number of imidazole rings is 2. The van der Waals surface area contributed by atoms with E-state index in [1.165, 1.54) is 0 Å². The lowest BCUT2D eigenvalue weighted by molar-refractivity contribution is -0.124. The summed E-state index contributed by atoms with van der Waals surface area (Å²) >= 11 is 7.65. The highest BCUT2D eigenvalue weighted by Crippen LogP contribution is 2.46. The van der Waals surface area contributed by atoms with Crippen LogP contribution in [0, 0.1) is 0 Å². The Bertz CT molecular complexity index is 4680. The minimum Gasteiger partial charge on any atom is -0.493 e. The van der Waals surface area contributed by atoms with Crippen molar-refractivity contribution in [1.82, 2.24) is 19.1 Å². The van der Waals surface area contributed by atoms with Crippen molar-refractivity contribution in [2.75, 3.05) is 70.1 Å². The van der Waals surface area contributed by atoms with E-state index >= 15 is 9.59 Å². The molecule has 11 aromatic rings. The molecule has 0 aliphatic carbocycles. The Morgan fingerprint density at radius 3 is 1.13 bits per heavy atom. The maximum absolute atomic E-state index is 15.4. The van der Waals surface area contributed by atoms with Crippen LogP contribution in [0.2, 0.25) is 5.02 Å². The number of carbonyl (C=O) groups is 2. The van der Waals surface area contributed by atoms with Crippen LogP contribution in [0.25, 0.3) is 22.1 Å². The van der Waals surface area contributed by atoms with E-state index in [0.29, 0.717) is 66.0 Å². The van der Waals surface area contributed by atoms with Gasteiger partial charge in [0.2, 0.25) is 11.9 Å². The molecule has 2 atom stereocenters. The highest BCUT2D eigenvalue weighted by molar-refractivity contribution is 6.31. The van der Waals surface area contributed by atoms with Crippen molar-refractivity contribution in [2.45, 2.75) is 174 Å². The Balaban J connectivity index is 0.856. The van der Waals surface area contributed by atoms with Crippen LogP contribution >= 0.6 is 11.6 Å². The van der Waals surface area contributed by atoms with E-state index in [0.717, 1.165) is 111 Å². The number of ether oxygens (including phenoxy) is 4. The Labute approximate surface area is 642 Å². The molecule has 13 rings (SSSR count). The van der Waals surface area contributed by atoms with Gasteiger partial charge in [-0.2, -0.15) is 0 Å². The molecule has 2 amide bonds. The molecule has 9 aromatic carbocycles.